The van der Waals surface area contributed by atoms with Gasteiger partial charge in [0.2, 0.25) is 0 Å². The van der Waals surface area contributed by atoms with Crippen LogP contribution in [0, 0.1) is 10.1 Å². The smallest absolute Gasteiger partial charge is 0.323 e. The number of hydrogen-bond donors (Lipinski definition) is 2. The van der Waals surface area contributed by atoms with Crippen molar-refractivity contribution in [3.63, 3.8) is 0 Å². The molecule has 8 heteroatoms. The zero-order valence-electron chi connectivity index (χ0n) is 12.8. The van der Waals surface area contributed by atoms with Gasteiger partial charge in [0.25, 0.3) is 11.6 Å². The number of carboxylic acid groups (broad SMARTS) is 1. The van der Waals surface area contributed by atoms with Crippen LogP contribution in [0.1, 0.15) is 30.6 Å². The number of aromatic amines is 1. The fraction of sp³-hybridized carbons (Fsp3) is 0.333. The van der Waals surface area contributed by atoms with Gasteiger partial charge in [0.15, 0.2) is 0 Å². The number of non-ortho nitro benzene ring substituents is 1. The summed E-state index contributed by atoms with van der Waals surface area (Å²) in [5.74, 6) is -1.57. The second kappa shape index (κ2) is 6.47. The Morgan fingerprint density at radius 1 is 1.43 bits per heavy atom. The molecule has 8 nitrogen and oxygen atoms in total. The van der Waals surface area contributed by atoms with Crippen LogP contribution < -0.4 is 0 Å². The summed E-state index contributed by atoms with van der Waals surface area (Å²) in [7, 11) is 0. The third-order valence-electron chi connectivity index (χ3n) is 3.80. The molecule has 1 amide bonds. The molecule has 23 heavy (non-hydrogen) atoms. The third-order valence-corrected chi connectivity index (χ3v) is 3.80. The van der Waals surface area contributed by atoms with Gasteiger partial charge in [-0.1, -0.05) is 6.92 Å². The lowest BCUT2D eigenvalue weighted by Crippen LogP contribution is -2.41. The first-order valence-corrected chi connectivity index (χ1v) is 7.13. The van der Waals surface area contributed by atoms with E-state index in [0.717, 1.165) is 0 Å². The molecule has 1 heterocycles. The Morgan fingerprint density at radius 3 is 2.70 bits per heavy atom. The highest BCUT2D eigenvalue weighted by atomic mass is 16.6. The SMILES string of the molecule is CCC(C)N(CC(=O)O)C(=O)c1c[nH]c2ccc([N+](=O)[O-])cc12. The first-order chi connectivity index (χ1) is 10.8. The van der Waals surface area contributed by atoms with Crippen molar-refractivity contribution in [2.45, 2.75) is 26.3 Å². The number of nitro benzene ring substituents is 1. The van der Waals surface area contributed by atoms with Gasteiger partial charge >= 0.3 is 5.97 Å². The van der Waals surface area contributed by atoms with Crippen LogP contribution in [0.4, 0.5) is 5.69 Å². The van der Waals surface area contributed by atoms with Crippen LogP contribution in [0.15, 0.2) is 24.4 Å². The lowest BCUT2D eigenvalue weighted by Gasteiger charge is -2.26. The van der Waals surface area contributed by atoms with Crippen LogP contribution in [0.5, 0.6) is 0 Å². The van der Waals surface area contributed by atoms with Crippen LogP contribution in [0.2, 0.25) is 0 Å². The number of nitrogens with zero attached hydrogens (tertiary/aromatic N) is 2. The minimum atomic E-state index is -1.11. The molecule has 1 aromatic carbocycles. The predicted octanol–water partition coefficient (Wildman–Crippen LogP) is 2.40. The molecule has 0 aliphatic carbocycles. The highest BCUT2D eigenvalue weighted by Gasteiger charge is 2.25. The normalized spacial score (nSPS) is 12.1. The molecule has 1 atom stereocenters. The van der Waals surface area contributed by atoms with E-state index in [0.29, 0.717) is 17.3 Å². The van der Waals surface area contributed by atoms with Gasteiger partial charge in [-0.15, -0.1) is 0 Å². The van der Waals surface area contributed by atoms with E-state index in [-0.39, 0.29) is 17.3 Å². The Balaban J connectivity index is 2.47. The topological polar surface area (TPSA) is 117 Å². The number of carbonyl (C=O) groups excluding carboxylic acids is 1. The second-order valence-corrected chi connectivity index (χ2v) is 5.27. The first kappa shape index (κ1) is 16.5. The van der Waals surface area contributed by atoms with Gasteiger partial charge in [-0.05, 0) is 19.4 Å². The van der Waals surface area contributed by atoms with Gasteiger partial charge in [-0.25, -0.2) is 0 Å². The van der Waals surface area contributed by atoms with Gasteiger partial charge in [0, 0.05) is 35.3 Å². The highest BCUT2D eigenvalue weighted by molar-refractivity contribution is 6.07. The van der Waals surface area contributed by atoms with E-state index in [9.17, 15) is 19.7 Å². The standard InChI is InChI=1S/C15H17N3O5/c1-3-9(2)17(8-14(19)20)15(21)12-7-16-13-5-4-10(18(22)23)6-11(12)13/h4-7,9,16H,3,8H2,1-2H3,(H,19,20). The summed E-state index contributed by atoms with van der Waals surface area (Å²) < 4.78 is 0. The molecule has 0 saturated heterocycles. The van der Waals surface area contributed by atoms with E-state index in [1.807, 2.05) is 6.92 Å². The number of hydrogen-bond acceptors (Lipinski definition) is 4. The Kier molecular flexibility index (Phi) is 4.63. The Morgan fingerprint density at radius 2 is 2.13 bits per heavy atom. The summed E-state index contributed by atoms with van der Waals surface area (Å²) in [4.78, 5) is 38.2. The fourth-order valence-electron chi connectivity index (χ4n) is 2.35. The average Bonchev–Trinajstić information content (AvgIpc) is 2.93. The maximum atomic E-state index is 12.7. The molecule has 0 radical (unpaired) electrons. The molecule has 0 saturated carbocycles. The lowest BCUT2D eigenvalue weighted by molar-refractivity contribution is -0.384. The molecular weight excluding hydrogens is 302 g/mol. The minimum absolute atomic E-state index is 0.125. The maximum Gasteiger partial charge on any atom is 0.323 e. The summed E-state index contributed by atoms with van der Waals surface area (Å²) >= 11 is 0. The van der Waals surface area contributed by atoms with Crippen molar-refractivity contribution in [1.82, 2.24) is 9.88 Å². The molecule has 0 aliphatic rings. The lowest BCUT2D eigenvalue weighted by atomic mass is 10.1. The van der Waals surface area contributed by atoms with Gasteiger partial charge < -0.3 is 15.0 Å². The van der Waals surface area contributed by atoms with E-state index in [1.165, 1.54) is 29.3 Å². The monoisotopic (exact) mass is 319 g/mol. The van der Waals surface area contributed by atoms with E-state index in [1.54, 1.807) is 6.92 Å². The maximum absolute atomic E-state index is 12.7. The number of carboxylic acids is 1. The number of nitro groups is 1. The Labute approximate surface area is 131 Å². The van der Waals surface area contributed by atoms with Gasteiger partial charge in [-0.2, -0.15) is 0 Å². The van der Waals surface area contributed by atoms with Crippen LogP contribution in [0.3, 0.4) is 0 Å². The molecule has 2 aromatic rings. The Bertz CT molecular complexity index is 768. The highest BCUT2D eigenvalue weighted by Crippen LogP contribution is 2.25. The number of aromatic nitrogens is 1. The number of amides is 1. The van der Waals surface area contributed by atoms with Crippen LogP contribution >= 0.6 is 0 Å². The molecule has 1 unspecified atom stereocenters. The predicted molar refractivity (Wildman–Crippen MR) is 83.4 cm³/mol. The van der Waals surface area contributed by atoms with Crippen LogP contribution in [-0.2, 0) is 4.79 Å². The molecule has 0 fully saturated rings. The molecule has 122 valence electrons. The second-order valence-electron chi connectivity index (χ2n) is 5.27. The summed E-state index contributed by atoms with van der Waals surface area (Å²) in [6, 6.07) is 3.92. The number of nitrogens with one attached hydrogen (secondary N) is 1. The largest absolute Gasteiger partial charge is 0.480 e. The minimum Gasteiger partial charge on any atom is -0.480 e. The van der Waals surface area contributed by atoms with Crippen molar-refractivity contribution in [1.29, 1.82) is 0 Å². The van der Waals surface area contributed by atoms with Crippen molar-refractivity contribution < 1.29 is 19.6 Å². The molecule has 2 N–H and O–H groups in total. The molecule has 1 aromatic heterocycles. The van der Waals surface area contributed by atoms with Crippen molar-refractivity contribution in [3.05, 3.63) is 40.1 Å². The number of H-pyrrole nitrogens is 1. The zero-order chi connectivity index (χ0) is 17.1. The van der Waals surface area contributed by atoms with Gasteiger partial charge in [0.1, 0.15) is 6.54 Å². The quantitative estimate of drug-likeness (QED) is 0.626. The van der Waals surface area contributed by atoms with Crippen molar-refractivity contribution in [2.75, 3.05) is 6.54 Å². The van der Waals surface area contributed by atoms with Crippen LogP contribution in [0.25, 0.3) is 10.9 Å². The average molecular weight is 319 g/mol. The van der Waals surface area contributed by atoms with E-state index >= 15 is 0 Å². The Hall–Kier alpha value is -2.90. The van der Waals surface area contributed by atoms with Crippen molar-refractivity contribution in [2.24, 2.45) is 0 Å². The molecular formula is C15H17N3O5. The van der Waals surface area contributed by atoms with Crippen LogP contribution in [-0.4, -0.2) is 44.4 Å². The fourth-order valence-corrected chi connectivity index (χ4v) is 2.35. The first-order valence-electron chi connectivity index (χ1n) is 7.13. The molecule has 0 bridgehead atoms. The molecule has 2 rings (SSSR count). The van der Waals surface area contributed by atoms with E-state index in [2.05, 4.69) is 4.98 Å². The van der Waals surface area contributed by atoms with Gasteiger partial charge in [-0.3, -0.25) is 19.7 Å². The number of fused-ring (bicyclic) bond motifs is 1. The van der Waals surface area contributed by atoms with E-state index in [4.69, 9.17) is 5.11 Å². The number of benzene rings is 1. The summed E-state index contributed by atoms with van der Waals surface area (Å²) in [5.41, 5.74) is 0.683. The number of rotatable bonds is 6. The summed E-state index contributed by atoms with van der Waals surface area (Å²) in [6.07, 6.45) is 2.05. The third kappa shape index (κ3) is 3.31. The number of carbonyl (C=O) groups is 2. The summed E-state index contributed by atoms with van der Waals surface area (Å²) in [6.45, 7) is 3.19. The zero-order valence-corrected chi connectivity index (χ0v) is 12.8. The van der Waals surface area contributed by atoms with E-state index < -0.39 is 23.3 Å². The van der Waals surface area contributed by atoms with Crippen molar-refractivity contribution >= 4 is 28.5 Å². The molecule has 0 aliphatic heterocycles. The van der Waals surface area contributed by atoms with Gasteiger partial charge in [0.05, 0.1) is 10.5 Å². The summed E-state index contributed by atoms with van der Waals surface area (Å²) in [5, 5.41) is 20.3. The molecule has 0 spiro atoms. The number of aliphatic carboxylic acids is 1. The van der Waals surface area contributed by atoms with Crippen molar-refractivity contribution in [3.8, 4) is 0 Å².